The van der Waals surface area contributed by atoms with E-state index in [0.29, 0.717) is 6.54 Å². The second kappa shape index (κ2) is 7.52. The highest BCUT2D eigenvalue weighted by Crippen LogP contribution is 2.04. The van der Waals surface area contributed by atoms with Crippen molar-refractivity contribution in [1.82, 2.24) is 10.2 Å². The Kier molecular flexibility index (Phi) is 6.77. The lowest BCUT2D eigenvalue weighted by atomic mass is 10.2. The summed E-state index contributed by atoms with van der Waals surface area (Å²) in [5.74, 6) is -0.369. The van der Waals surface area contributed by atoms with E-state index in [-0.39, 0.29) is 11.7 Å². The van der Waals surface area contributed by atoms with Gasteiger partial charge in [0, 0.05) is 6.54 Å². The Morgan fingerprint density at radius 2 is 2.00 bits per heavy atom. The van der Waals surface area contributed by atoms with Gasteiger partial charge in [0.2, 0.25) is 5.91 Å². The summed E-state index contributed by atoms with van der Waals surface area (Å²) in [5, 5.41) is 9.79. The fraction of sp³-hybridized carbons (Fsp3) is 0.727. The van der Waals surface area contributed by atoms with Crippen LogP contribution in [0.1, 0.15) is 27.2 Å². The van der Waals surface area contributed by atoms with Gasteiger partial charge in [-0.3, -0.25) is 10.2 Å². The zero-order chi connectivity index (χ0) is 14.3. The summed E-state index contributed by atoms with van der Waals surface area (Å²) in [4.78, 5) is 24.6. The third-order valence-corrected chi connectivity index (χ3v) is 2.56. The van der Waals surface area contributed by atoms with Gasteiger partial charge in [0.1, 0.15) is 11.9 Å². The van der Waals surface area contributed by atoms with Gasteiger partial charge < -0.3 is 20.7 Å². The molecule has 2 amide bonds. The van der Waals surface area contributed by atoms with E-state index in [1.807, 2.05) is 6.92 Å². The Hall–Kier alpha value is -1.79. The summed E-state index contributed by atoms with van der Waals surface area (Å²) in [6, 6.07) is -1.20. The van der Waals surface area contributed by atoms with E-state index in [0.717, 1.165) is 6.42 Å². The molecule has 0 aliphatic carbocycles. The molecule has 0 unspecified atom stereocenters. The Balaban J connectivity index is 4.74. The number of ether oxygens (including phenoxy) is 1. The summed E-state index contributed by atoms with van der Waals surface area (Å²) in [6.45, 7) is 5.65. The molecule has 7 heteroatoms. The third-order valence-electron chi connectivity index (χ3n) is 2.56. The number of nitrogens with one attached hydrogen (secondary N) is 2. The van der Waals surface area contributed by atoms with Crippen LogP contribution >= 0.6 is 0 Å². The molecule has 7 nitrogen and oxygen atoms in total. The van der Waals surface area contributed by atoms with Gasteiger partial charge in [-0.1, -0.05) is 6.92 Å². The molecule has 0 aromatic heterocycles. The zero-order valence-corrected chi connectivity index (χ0v) is 11.3. The molecule has 0 aromatic carbocycles. The highest BCUT2D eigenvalue weighted by molar-refractivity contribution is 5.91. The number of rotatable bonds is 6. The van der Waals surface area contributed by atoms with Crippen molar-refractivity contribution < 1.29 is 14.3 Å². The first-order valence-electron chi connectivity index (χ1n) is 5.84. The van der Waals surface area contributed by atoms with Crippen LogP contribution in [-0.2, 0) is 9.53 Å². The topological polar surface area (TPSA) is 109 Å². The average Bonchev–Trinajstić information content (AvgIpc) is 2.33. The van der Waals surface area contributed by atoms with Crippen molar-refractivity contribution in [3.05, 3.63) is 0 Å². The second-order valence-corrected chi connectivity index (χ2v) is 4.02. The van der Waals surface area contributed by atoms with Crippen LogP contribution in [0.15, 0.2) is 0 Å². The van der Waals surface area contributed by atoms with E-state index in [2.05, 4.69) is 10.1 Å². The molecule has 0 heterocycles. The number of hydrogen-bond donors (Lipinski definition) is 3. The van der Waals surface area contributed by atoms with Crippen LogP contribution in [-0.4, -0.2) is 48.5 Å². The molecule has 0 bridgehead atoms. The highest BCUT2D eigenvalue weighted by Gasteiger charge is 2.26. The van der Waals surface area contributed by atoms with Gasteiger partial charge >= 0.3 is 6.09 Å². The van der Waals surface area contributed by atoms with Crippen LogP contribution in [0.25, 0.3) is 0 Å². The lowest BCUT2D eigenvalue weighted by Gasteiger charge is -2.30. The molecular formula is C11H22N4O3. The number of nitrogens with zero attached hydrogens (tertiary/aromatic N) is 1. The van der Waals surface area contributed by atoms with Crippen molar-refractivity contribution in [2.45, 2.75) is 39.3 Å². The molecule has 4 N–H and O–H groups in total. The summed E-state index contributed by atoms with van der Waals surface area (Å²) in [7, 11) is 1.23. The van der Waals surface area contributed by atoms with Gasteiger partial charge in [0.25, 0.3) is 0 Å². The first-order valence-corrected chi connectivity index (χ1v) is 5.84. The van der Waals surface area contributed by atoms with E-state index < -0.39 is 18.2 Å². The third kappa shape index (κ3) is 4.60. The van der Waals surface area contributed by atoms with Crippen molar-refractivity contribution in [3.8, 4) is 0 Å². The molecule has 0 aliphatic heterocycles. The number of carbonyl (C=O) groups excluding carboxylic acids is 2. The summed E-state index contributed by atoms with van der Waals surface area (Å²) in [6.07, 6.45) is 0.0803. The van der Waals surface area contributed by atoms with Crippen molar-refractivity contribution in [2.75, 3.05) is 13.7 Å². The van der Waals surface area contributed by atoms with Crippen molar-refractivity contribution >= 4 is 17.8 Å². The number of hydrogen-bond acceptors (Lipinski definition) is 4. The maximum Gasteiger partial charge on any atom is 0.407 e. The molecular weight excluding hydrogens is 236 g/mol. The van der Waals surface area contributed by atoms with Crippen LogP contribution in [0.4, 0.5) is 4.79 Å². The Morgan fingerprint density at radius 1 is 1.44 bits per heavy atom. The number of carbonyl (C=O) groups is 2. The summed E-state index contributed by atoms with van der Waals surface area (Å²) < 4.78 is 4.43. The highest BCUT2D eigenvalue weighted by atomic mass is 16.5. The van der Waals surface area contributed by atoms with Crippen LogP contribution in [0, 0.1) is 5.41 Å². The standard InChI is InChI=1S/C11H22N4O3/c1-5-6-15(8(3)9(12)13)10(16)7(2)14-11(17)18-4/h7-8H,5-6H2,1-4H3,(H3,12,13)(H,14,17)/t7-,8-/m0/s1. The number of nitrogens with two attached hydrogens (primary N) is 1. The molecule has 0 saturated heterocycles. The minimum atomic E-state index is -0.717. The minimum Gasteiger partial charge on any atom is -0.453 e. The van der Waals surface area contributed by atoms with E-state index in [9.17, 15) is 9.59 Å². The molecule has 0 fully saturated rings. The summed E-state index contributed by atoms with van der Waals surface area (Å²) >= 11 is 0. The van der Waals surface area contributed by atoms with E-state index in [1.54, 1.807) is 13.8 Å². The second-order valence-electron chi connectivity index (χ2n) is 4.02. The Morgan fingerprint density at radius 3 is 2.39 bits per heavy atom. The van der Waals surface area contributed by atoms with Gasteiger partial charge in [-0.15, -0.1) is 0 Å². The normalized spacial score (nSPS) is 13.3. The average molecular weight is 258 g/mol. The number of amides is 2. The van der Waals surface area contributed by atoms with Crippen molar-refractivity contribution in [1.29, 1.82) is 5.41 Å². The predicted octanol–water partition coefficient (Wildman–Crippen LogP) is 0.294. The Bertz CT molecular complexity index is 319. The lowest BCUT2D eigenvalue weighted by Crippen LogP contribution is -2.53. The fourth-order valence-corrected chi connectivity index (χ4v) is 1.45. The van der Waals surface area contributed by atoms with E-state index in [1.165, 1.54) is 12.0 Å². The maximum atomic E-state index is 12.1. The largest absolute Gasteiger partial charge is 0.453 e. The van der Waals surface area contributed by atoms with Crippen molar-refractivity contribution in [2.24, 2.45) is 5.73 Å². The van der Waals surface area contributed by atoms with Gasteiger partial charge in [0.05, 0.1) is 13.2 Å². The zero-order valence-electron chi connectivity index (χ0n) is 11.3. The number of methoxy groups -OCH3 is 1. The quantitative estimate of drug-likeness (QED) is 0.470. The Labute approximate surface area is 107 Å². The maximum absolute atomic E-state index is 12.1. The fourth-order valence-electron chi connectivity index (χ4n) is 1.45. The number of amidine groups is 1. The molecule has 18 heavy (non-hydrogen) atoms. The van der Waals surface area contributed by atoms with Gasteiger partial charge in [-0.25, -0.2) is 4.79 Å². The van der Waals surface area contributed by atoms with Crippen molar-refractivity contribution in [3.63, 3.8) is 0 Å². The van der Waals surface area contributed by atoms with Crippen LogP contribution < -0.4 is 11.1 Å². The van der Waals surface area contributed by atoms with Crippen LogP contribution in [0.5, 0.6) is 0 Å². The van der Waals surface area contributed by atoms with E-state index >= 15 is 0 Å². The van der Waals surface area contributed by atoms with E-state index in [4.69, 9.17) is 11.1 Å². The van der Waals surface area contributed by atoms with Gasteiger partial charge in [-0.05, 0) is 20.3 Å². The molecule has 0 saturated carbocycles. The molecule has 0 radical (unpaired) electrons. The molecule has 2 atom stereocenters. The first kappa shape index (κ1) is 16.2. The predicted molar refractivity (Wildman–Crippen MR) is 68.4 cm³/mol. The minimum absolute atomic E-state index is 0.0814. The molecule has 0 aliphatic rings. The molecule has 0 rings (SSSR count). The SMILES string of the molecule is CCCN(C(=O)[C@H](C)NC(=O)OC)[C@@H](C)C(=N)N. The van der Waals surface area contributed by atoms with Crippen LogP contribution in [0.2, 0.25) is 0 Å². The first-order chi connectivity index (χ1) is 8.34. The van der Waals surface area contributed by atoms with Crippen LogP contribution in [0.3, 0.4) is 0 Å². The molecule has 104 valence electrons. The monoisotopic (exact) mass is 258 g/mol. The summed E-state index contributed by atoms with van der Waals surface area (Å²) in [5.41, 5.74) is 5.41. The number of alkyl carbamates (subject to hydrolysis) is 1. The molecule has 0 aromatic rings. The molecule has 0 spiro atoms. The van der Waals surface area contributed by atoms with Gasteiger partial charge in [-0.2, -0.15) is 0 Å². The lowest BCUT2D eigenvalue weighted by molar-refractivity contribution is -0.133. The smallest absolute Gasteiger partial charge is 0.407 e. The van der Waals surface area contributed by atoms with Gasteiger partial charge in [0.15, 0.2) is 0 Å².